The van der Waals surface area contributed by atoms with Gasteiger partial charge in [0.15, 0.2) is 0 Å². The van der Waals surface area contributed by atoms with Crippen LogP contribution in [0.3, 0.4) is 0 Å². The fraction of sp³-hybridized carbons (Fsp3) is 0.667. The fourth-order valence-electron chi connectivity index (χ4n) is 3.77. The molecule has 0 radical (unpaired) electrons. The molecule has 3 heteroatoms. The van der Waals surface area contributed by atoms with Crippen LogP contribution in [0.1, 0.15) is 42.9 Å². The number of aromatic nitrogens is 1. The summed E-state index contributed by atoms with van der Waals surface area (Å²) in [5, 5.41) is 3.51. The highest BCUT2D eigenvalue weighted by Gasteiger charge is 2.48. The van der Waals surface area contributed by atoms with Crippen molar-refractivity contribution in [3.8, 4) is 0 Å². The van der Waals surface area contributed by atoms with E-state index < -0.39 is 0 Å². The first-order chi connectivity index (χ1) is 8.80. The number of nitrogens with zero attached hydrogens (tertiary/aromatic N) is 1. The van der Waals surface area contributed by atoms with Gasteiger partial charge in [-0.3, -0.25) is 4.98 Å². The van der Waals surface area contributed by atoms with Gasteiger partial charge in [-0.1, -0.05) is 6.07 Å². The molecular weight excluding hydrogens is 224 g/mol. The molecule has 1 aromatic heterocycles. The van der Waals surface area contributed by atoms with Crippen molar-refractivity contribution in [3.05, 3.63) is 29.6 Å². The summed E-state index contributed by atoms with van der Waals surface area (Å²) < 4.78 is 5.86. The van der Waals surface area contributed by atoms with Gasteiger partial charge in [0.2, 0.25) is 0 Å². The van der Waals surface area contributed by atoms with Crippen molar-refractivity contribution in [1.29, 1.82) is 0 Å². The Morgan fingerprint density at radius 3 is 2.94 bits per heavy atom. The van der Waals surface area contributed by atoms with Gasteiger partial charge in [0.25, 0.3) is 0 Å². The standard InChI is InChI=1S/C15H22N2O/c1-16-14(15(18-2)8-4-9-15)12-7-6-11-5-3-10-17-13(11)12/h3,5,10,12,14,16H,4,6-9H2,1-2H3. The minimum Gasteiger partial charge on any atom is -0.377 e. The maximum Gasteiger partial charge on any atom is 0.0837 e. The molecule has 1 fully saturated rings. The first-order valence-corrected chi connectivity index (χ1v) is 6.97. The van der Waals surface area contributed by atoms with Gasteiger partial charge < -0.3 is 10.1 Å². The van der Waals surface area contributed by atoms with Gasteiger partial charge in [-0.25, -0.2) is 0 Å². The maximum atomic E-state index is 5.86. The second kappa shape index (κ2) is 4.63. The first kappa shape index (κ1) is 12.1. The molecule has 0 spiro atoms. The largest absolute Gasteiger partial charge is 0.377 e. The number of nitrogens with one attached hydrogen (secondary N) is 1. The Morgan fingerprint density at radius 2 is 2.33 bits per heavy atom. The van der Waals surface area contributed by atoms with Crippen molar-refractivity contribution < 1.29 is 4.74 Å². The summed E-state index contributed by atoms with van der Waals surface area (Å²) in [7, 11) is 3.92. The molecular formula is C15H22N2O. The lowest BCUT2D eigenvalue weighted by molar-refractivity contribution is -0.103. The van der Waals surface area contributed by atoms with E-state index in [4.69, 9.17) is 4.74 Å². The van der Waals surface area contributed by atoms with E-state index in [-0.39, 0.29) is 5.60 Å². The van der Waals surface area contributed by atoms with Crippen molar-refractivity contribution in [1.82, 2.24) is 10.3 Å². The molecule has 2 aliphatic carbocycles. The van der Waals surface area contributed by atoms with Crippen LogP contribution in [0.25, 0.3) is 0 Å². The average Bonchev–Trinajstić information content (AvgIpc) is 2.77. The summed E-state index contributed by atoms with van der Waals surface area (Å²) in [6, 6.07) is 4.66. The molecule has 1 heterocycles. The van der Waals surface area contributed by atoms with E-state index in [1.54, 1.807) is 0 Å². The molecule has 3 nitrogen and oxygen atoms in total. The lowest BCUT2D eigenvalue weighted by Gasteiger charge is -2.48. The minimum atomic E-state index is 0.0402. The van der Waals surface area contributed by atoms with Gasteiger partial charge >= 0.3 is 0 Å². The van der Waals surface area contributed by atoms with Crippen molar-refractivity contribution in [2.45, 2.75) is 49.7 Å². The second-order valence-electron chi connectivity index (χ2n) is 5.58. The van der Waals surface area contributed by atoms with Crippen LogP contribution >= 0.6 is 0 Å². The molecule has 1 aromatic rings. The third-order valence-corrected chi connectivity index (χ3v) is 4.89. The van der Waals surface area contributed by atoms with Crippen LogP contribution in [0.5, 0.6) is 0 Å². The summed E-state index contributed by atoms with van der Waals surface area (Å²) in [6.45, 7) is 0. The van der Waals surface area contributed by atoms with Crippen LogP contribution in [0.4, 0.5) is 0 Å². The lowest BCUT2D eigenvalue weighted by Crippen LogP contribution is -2.57. The third-order valence-electron chi connectivity index (χ3n) is 4.89. The molecule has 2 unspecified atom stereocenters. The number of methoxy groups -OCH3 is 1. The Morgan fingerprint density at radius 1 is 1.50 bits per heavy atom. The zero-order chi connectivity index (χ0) is 12.6. The van der Waals surface area contributed by atoms with Crippen LogP contribution < -0.4 is 5.32 Å². The maximum absolute atomic E-state index is 5.86. The normalized spacial score (nSPS) is 26.4. The van der Waals surface area contributed by atoms with Crippen molar-refractivity contribution in [2.75, 3.05) is 14.2 Å². The topological polar surface area (TPSA) is 34.2 Å². The summed E-state index contributed by atoms with van der Waals surface area (Å²) in [5.41, 5.74) is 2.76. The zero-order valence-corrected chi connectivity index (χ0v) is 11.3. The Labute approximate surface area is 109 Å². The van der Waals surface area contributed by atoms with Gasteiger partial charge in [0, 0.05) is 31.0 Å². The third kappa shape index (κ3) is 1.69. The Kier molecular flexibility index (Phi) is 3.12. The SMILES string of the molecule is CNC(C1CCc2cccnc21)C1(OC)CCC1. The van der Waals surface area contributed by atoms with Gasteiger partial charge in [-0.2, -0.15) is 0 Å². The van der Waals surface area contributed by atoms with Crippen LogP contribution in [0, 0.1) is 0 Å². The molecule has 0 amide bonds. The summed E-state index contributed by atoms with van der Waals surface area (Å²) >= 11 is 0. The Hall–Kier alpha value is -0.930. The molecule has 0 aromatic carbocycles. The van der Waals surface area contributed by atoms with Crippen LogP contribution in [0.15, 0.2) is 18.3 Å². The van der Waals surface area contributed by atoms with Crippen molar-refractivity contribution in [2.24, 2.45) is 0 Å². The molecule has 3 rings (SSSR count). The van der Waals surface area contributed by atoms with E-state index in [1.165, 1.54) is 36.9 Å². The predicted octanol–water partition coefficient (Wildman–Crippen LogP) is 2.27. The lowest BCUT2D eigenvalue weighted by atomic mass is 9.69. The van der Waals surface area contributed by atoms with Crippen molar-refractivity contribution in [3.63, 3.8) is 0 Å². The highest BCUT2D eigenvalue weighted by molar-refractivity contribution is 5.31. The molecule has 0 bridgehead atoms. The second-order valence-corrected chi connectivity index (χ2v) is 5.58. The number of likely N-dealkylation sites (N-methyl/N-ethyl adjacent to an activating group) is 1. The van der Waals surface area contributed by atoms with Gasteiger partial charge in [0.05, 0.1) is 5.60 Å². The predicted molar refractivity (Wildman–Crippen MR) is 71.7 cm³/mol. The summed E-state index contributed by atoms with van der Waals surface area (Å²) in [6.07, 6.45) is 7.91. The number of fused-ring (bicyclic) bond motifs is 1. The number of aryl methyl sites for hydroxylation is 1. The number of ether oxygens (including phenoxy) is 1. The van der Waals surface area contributed by atoms with E-state index in [1.807, 2.05) is 19.4 Å². The molecule has 2 atom stereocenters. The van der Waals surface area contributed by atoms with E-state index >= 15 is 0 Å². The zero-order valence-electron chi connectivity index (χ0n) is 11.3. The number of hydrogen-bond donors (Lipinski definition) is 1. The van der Waals surface area contributed by atoms with Crippen LogP contribution in [-0.2, 0) is 11.2 Å². The molecule has 0 aliphatic heterocycles. The van der Waals surface area contributed by atoms with Gasteiger partial charge in [-0.05, 0) is 50.8 Å². The van der Waals surface area contributed by atoms with E-state index in [2.05, 4.69) is 23.4 Å². The molecule has 0 saturated heterocycles. The van der Waals surface area contributed by atoms with Crippen LogP contribution in [0.2, 0.25) is 0 Å². The monoisotopic (exact) mass is 246 g/mol. The molecule has 1 saturated carbocycles. The van der Waals surface area contributed by atoms with Crippen molar-refractivity contribution >= 4 is 0 Å². The quantitative estimate of drug-likeness (QED) is 0.885. The average molecular weight is 246 g/mol. The minimum absolute atomic E-state index is 0.0402. The van der Waals surface area contributed by atoms with Gasteiger partial charge in [0.1, 0.15) is 0 Å². The number of pyridine rings is 1. The summed E-state index contributed by atoms with van der Waals surface area (Å²) in [4.78, 5) is 4.62. The Bertz CT molecular complexity index is 423. The first-order valence-electron chi connectivity index (χ1n) is 6.97. The molecule has 2 aliphatic rings. The number of hydrogen-bond acceptors (Lipinski definition) is 3. The molecule has 18 heavy (non-hydrogen) atoms. The van der Waals surface area contributed by atoms with E-state index in [0.29, 0.717) is 12.0 Å². The molecule has 1 N–H and O–H groups in total. The Balaban J connectivity index is 1.90. The van der Waals surface area contributed by atoms with Gasteiger partial charge in [-0.15, -0.1) is 0 Å². The number of rotatable bonds is 4. The smallest absolute Gasteiger partial charge is 0.0837 e. The fourth-order valence-corrected chi connectivity index (χ4v) is 3.77. The molecule has 98 valence electrons. The van der Waals surface area contributed by atoms with E-state index in [9.17, 15) is 0 Å². The van der Waals surface area contributed by atoms with Crippen LogP contribution in [-0.4, -0.2) is 30.8 Å². The highest BCUT2D eigenvalue weighted by atomic mass is 16.5. The summed E-state index contributed by atoms with van der Waals surface area (Å²) in [5.74, 6) is 0.506. The highest BCUT2D eigenvalue weighted by Crippen LogP contribution is 2.46. The van der Waals surface area contributed by atoms with E-state index in [0.717, 1.165) is 6.42 Å².